The van der Waals surface area contributed by atoms with E-state index in [-0.39, 0.29) is 0 Å². The molecule has 0 radical (unpaired) electrons. The van der Waals surface area contributed by atoms with Crippen LogP contribution in [0.4, 0.5) is 0 Å². The van der Waals surface area contributed by atoms with Crippen LogP contribution in [0.15, 0.2) is 6.20 Å². The lowest BCUT2D eigenvalue weighted by atomic mass is 9.92. The fraction of sp³-hybridized carbons (Fsp3) is 0.818. The Balaban J connectivity index is 2.75. The minimum Gasteiger partial charge on any atom is -0.384 e. The zero-order valence-corrected chi connectivity index (χ0v) is 10.1. The lowest BCUT2D eigenvalue weighted by molar-refractivity contribution is 0.0304. The molecule has 0 saturated heterocycles. The first kappa shape index (κ1) is 12.2. The van der Waals surface area contributed by atoms with Gasteiger partial charge in [0.1, 0.15) is 11.3 Å². The zero-order valence-electron chi connectivity index (χ0n) is 10.1. The van der Waals surface area contributed by atoms with Gasteiger partial charge >= 0.3 is 0 Å². The fourth-order valence-corrected chi connectivity index (χ4v) is 1.78. The first-order valence-electron chi connectivity index (χ1n) is 5.58. The summed E-state index contributed by atoms with van der Waals surface area (Å²) in [5.74, 6) is 0.441. The molecule has 0 spiro atoms. The van der Waals surface area contributed by atoms with Gasteiger partial charge in [-0.15, -0.1) is 5.10 Å². The van der Waals surface area contributed by atoms with Gasteiger partial charge in [0.05, 0.1) is 6.20 Å². The maximum atomic E-state index is 10.2. The molecule has 1 unspecified atom stereocenters. The highest BCUT2D eigenvalue weighted by atomic mass is 16.3. The third-order valence-corrected chi connectivity index (χ3v) is 2.35. The molecule has 1 N–H and O–H groups in total. The Kier molecular flexibility index (Phi) is 3.85. The van der Waals surface area contributed by atoms with Gasteiger partial charge in [0.15, 0.2) is 0 Å². The SMILES string of the molecule is CCCn1cc(C(C)(O)CC(C)C)nn1. The van der Waals surface area contributed by atoms with Crippen molar-refractivity contribution in [2.45, 2.75) is 52.7 Å². The van der Waals surface area contributed by atoms with Gasteiger partial charge < -0.3 is 5.11 Å². The molecule has 1 rings (SSSR count). The number of hydrogen-bond acceptors (Lipinski definition) is 3. The molecule has 0 fully saturated rings. The van der Waals surface area contributed by atoms with Crippen molar-refractivity contribution in [2.75, 3.05) is 0 Å². The van der Waals surface area contributed by atoms with E-state index >= 15 is 0 Å². The molecule has 1 heterocycles. The van der Waals surface area contributed by atoms with E-state index in [1.54, 1.807) is 11.6 Å². The summed E-state index contributed by atoms with van der Waals surface area (Å²) < 4.78 is 1.78. The van der Waals surface area contributed by atoms with Crippen molar-refractivity contribution in [3.8, 4) is 0 Å². The summed E-state index contributed by atoms with van der Waals surface area (Å²) in [6, 6.07) is 0. The normalized spacial score (nSPS) is 15.6. The van der Waals surface area contributed by atoms with Crippen LogP contribution in [0.3, 0.4) is 0 Å². The van der Waals surface area contributed by atoms with Crippen LogP contribution in [0.25, 0.3) is 0 Å². The first-order valence-corrected chi connectivity index (χ1v) is 5.58. The molecule has 1 atom stereocenters. The number of aliphatic hydroxyl groups is 1. The third-order valence-electron chi connectivity index (χ3n) is 2.35. The van der Waals surface area contributed by atoms with E-state index < -0.39 is 5.60 Å². The number of hydrogen-bond donors (Lipinski definition) is 1. The van der Waals surface area contributed by atoms with E-state index in [9.17, 15) is 5.11 Å². The summed E-state index contributed by atoms with van der Waals surface area (Å²) in [6.45, 7) is 8.92. The molecule has 1 aromatic rings. The van der Waals surface area contributed by atoms with Gasteiger partial charge in [0.25, 0.3) is 0 Å². The second-order valence-corrected chi connectivity index (χ2v) is 4.74. The van der Waals surface area contributed by atoms with Crippen molar-refractivity contribution in [1.29, 1.82) is 0 Å². The predicted molar refractivity (Wildman–Crippen MR) is 59.3 cm³/mol. The minimum absolute atomic E-state index is 0.441. The molecule has 0 aliphatic rings. The smallest absolute Gasteiger partial charge is 0.114 e. The first-order chi connectivity index (χ1) is 6.95. The van der Waals surface area contributed by atoms with Crippen molar-refractivity contribution in [2.24, 2.45) is 5.92 Å². The highest BCUT2D eigenvalue weighted by molar-refractivity contribution is 5.05. The quantitative estimate of drug-likeness (QED) is 0.809. The number of aryl methyl sites for hydroxylation is 1. The van der Waals surface area contributed by atoms with Crippen molar-refractivity contribution in [3.63, 3.8) is 0 Å². The summed E-state index contributed by atoms with van der Waals surface area (Å²) in [5.41, 5.74) is -0.190. The van der Waals surface area contributed by atoms with Crippen LogP contribution in [0, 0.1) is 5.92 Å². The van der Waals surface area contributed by atoms with Gasteiger partial charge in [-0.05, 0) is 25.7 Å². The lowest BCUT2D eigenvalue weighted by Gasteiger charge is -2.22. The average molecular weight is 211 g/mol. The van der Waals surface area contributed by atoms with Crippen molar-refractivity contribution >= 4 is 0 Å². The summed E-state index contributed by atoms with van der Waals surface area (Å²) >= 11 is 0. The summed E-state index contributed by atoms with van der Waals surface area (Å²) in [4.78, 5) is 0. The van der Waals surface area contributed by atoms with E-state index in [1.807, 2.05) is 6.20 Å². The number of nitrogens with zero attached hydrogens (tertiary/aromatic N) is 3. The lowest BCUT2D eigenvalue weighted by Crippen LogP contribution is -2.23. The molecule has 0 saturated carbocycles. The van der Waals surface area contributed by atoms with Crippen LogP contribution >= 0.6 is 0 Å². The second kappa shape index (κ2) is 4.75. The molecular weight excluding hydrogens is 190 g/mol. The molecule has 0 aliphatic carbocycles. The molecule has 0 amide bonds. The van der Waals surface area contributed by atoms with Gasteiger partial charge in [0, 0.05) is 6.54 Å². The Bertz CT molecular complexity index is 305. The predicted octanol–water partition coefficient (Wildman–Crippen LogP) is 1.94. The molecule has 15 heavy (non-hydrogen) atoms. The van der Waals surface area contributed by atoms with Crippen molar-refractivity contribution in [1.82, 2.24) is 15.0 Å². The Morgan fingerprint density at radius 2 is 2.20 bits per heavy atom. The number of rotatable bonds is 5. The number of aromatic nitrogens is 3. The van der Waals surface area contributed by atoms with Crippen molar-refractivity contribution < 1.29 is 5.11 Å². The van der Waals surface area contributed by atoms with E-state index in [0.29, 0.717) is 18.0 Å². The Morgan fingerprint density at radius 1 is 1.53 bits per heavy atom. The van der Waals surface area contributed by atoms with Gasteiger partial charge in [0.2, 0.25) is 0 Å². The van der Waals surface area contributed by atoms with Crippen LogP contribution in [0.5, 0.6) is 0 Å². The van der Waals surface area contributed by atoms with Gasteiger partial charge in [-0.1, -0.05) is 26.0 Å². The van der Waals surface area contributed by atoms with E-state index in [2.05, 4.69) is 31.1 Å². The largest absolute Gasteiger partial charge is 0.384 e. The molecule has 4 heteroatoms. The molecular formula is C11H21N3O. The minimum atomic E-state index is -0.861. The molecule has 1 aromatic heterocycles. The molecule has 0 aliphatic heterocycles. The summed E-state index contributed by atoms with van der Waals surface area (Å²) in [6.07, 6.45) is 3.57. The van der Waals surface area contributed by atoms with Crippen LogP contribution < -0.4 is 0 Å². The molecule has 86 valence electrons. The van der Waals surface area contributed by atoms with Crippen molar-refractivity contribution in [3.05, 3.63) is 11.9 Å². The topological polar surface area (TPSA) is 50.9 Å². The Morgan fingerprint density at radius 3 is 2.73 bits per heavy atom. The van der Waals surface area contributed by atoms with E-state index in [1.165, 1.54) is 0 Å². The standard InChI is InChI=1S/C11H21N3O/c1-5-6-14-8-10(12-13-14)11(4,15)7-9(2)3/h8-9,15H,5-7H2,1-4H3. The maximum absolute atomic E-state index is 10.2. The highest BCUT2D eigenvalue weighted by Gasteiger charge is 2.27. The van der Waals surface area contributed by atoms with E-state index in [4.69, 9.17) is 0 Å². The average Bonchev–Trinajstić information content (AvgIpc) is 2.51. The maximum Gasteiger partial charge on any atom is 0.114 e. The van der Waals surface area contributed by atoms with Crippen LogP contribution in [0.2, 0.25) is 0 Å². The monoisotopic (exact) mass is 211 g/mol. The Hall–Kier alpha value is -0.900. The molecule has 4 nitrogen and oxygen atoms in total. The zero-order chi connectivity index (χ0) is 11.5. The summed E-state index contributed by atoms with van der Waals surface area (Å²) in [7, 11) is 0. The van der Waals surface area contributed by atoms with Gasteiger partial charge in [-0.3, -0.25) is 4.68 Å². The fourth-order valence-electron chi connectivity index (χ4n) is 1.78. The van der Waals surface area contributed by atoms with Crippen LogP contribution in [0.1, 0.15) is 46.2 Å². The van der Waals surface area contributed by atoms with Crippen LogP contribution in [-0.2, 0) is 12.1 Å². The Labute approximate surface area is 91.3 Å². The molecule has 0 bridgehead atoms. The second-order valence-electron chi connectivity index (χ2n) is 4.74. The van der Waals surface area contributed by atoms with Gasteiger partial charge in [-0.2, -0.15) is 0 Å². The van der Waals surface area contributed by atoms with Gasteiger partial charge in [-0.25, -0.2) is 0 Å². The highest BCUT2D eigenvalue weighted by Crippen LogP contribution is 2.25. The summed E-state index contributed by atoms with van der Waals surface area (Å²) in [5, 5.41) is 18.2. The van der Waals surface area contributed by atoms with Crippen LogP contribution in [-0.4, -0.2) is 20.1 Å². The molecule has 0 aromatic carbocycles. The van der Waals surface area contributed by atoms with E-state index in [0.717, 1.165) is 13.0 Å². The third kappa shape index (κ3) is 3.30.